The van der Waals surface area contributed by atoms with Crippen LogP contribution in [0.15, 0.2) is 21.7 Å². The fourth-order valence-corrected chi connectivity index (χ4v) is 3.76. The van der Waals surface area contributed by atoms with E-state index < -0.39 is 15.9 Å². The maximum Gasteiger partial charge on any atom is 0.190 e. The predicted molar refractivity (Wildman–Crippen MR) is 67.1 cm³/mol. The Bertz CT molecular complexity index is 402. The highest BCUT2D eigenvalue weighted by Crippen LogP contribution is 2.17. The number of hydrogen-bond acceptors (Lipinski definition) is 6. The zero-order chi connectivity index (χ0) is 12.7. The van der Waals surface area contributed by atoms with Crippen LogP contribution in [0.4, 0.5) is 0 Å². The Morgan fingerprint density at radius 3 is 2.94 bits per heavy atom. The number of thiophene rings is 1. The van der Waals surface area contributed by atoms with Gasteiger partial charge in [0.25, 0.3) is 0 Å². The number of methoxy groups -OCH3 is 1. The molecule has 0 saturated heterocycles. The molecule has 0 fully saturated rings. The minimum absolute atomic E-state index is 0.244. The van der Waals surface area contributed by atoms with Gasteiger partial charge >= 0.3 is 0 Å². The van der Waals surface area contributed by atoms with Crippen LogP contribution < -0.4 is 5.32 Å². The fourth-order valence-electron chi connectivity index (χ4n) is 1.28. The summed E-state index contributed by atoms with van der Waals surface area (Å²) >= 11 is 1.16. The summed E-state index contributed by atoms with van der Waals surface area (Å²) < 4.78 is 28.7. The maximum atomic E-state index is 11.8. The van der Waals surface area contributed by atoms with Gasteiger partial charge in [0.1, 0.15) is 4.21 Å². The van der Waals surface area contributed by atoms with Gasteiger partial charge in [0.15, 0.2) is 9.84 Å². The highest BCUT2D eigenvalue weighted by atomic mass is 32.2. The van der Waals surface area contributed by atoms with E-state index in [2.05, 4.69) is 5.32 Å². The molecule has 0 aliphatic rings. The molecule has 7 heteroatoms. The molecule has 0 saturated carbocycles. The van der Waals surface area contributed by atoms with Crippen LogP contribution in [0.3, 0.4) is 0 Å². The molecule has 1 heterocycles. The molecule has 0 radical (unpaired) electrons. The molecule has 1 aromatic heterocycles. The Kier molecular flexibility index (Phi) is 6.07. The van der Waals surface area contributed by atoms with Crippen molar-refractivity contribution in [2.45, 2.75) is 10.3 Å². The van der Waals surface area contributed by atoms with Crippen LogP contribution in [0, 0.1) is 0 Å². The van der Waals surface area contributed by atoms with Crippen molar-refractivity contribution in [2.24, 2.45) is 0 Å². The van der Waals surface area contributed by atoms with Crippen LogP contribution in [0.25, 0.3) is 0 Å². The second kappa shape index (κ2) is 7.07. The number of aliphatic hydroxyl groups is 1. The van der Waals surface area contributed by atoms with Crippen molar-refractivity contribution in [3.8, 4) is 0 Å². The SMILES string of the molecule is COCCNCC(O)CS(=O)(=O)c1cccs1. The molecule has 0 aliphatic heterocycles. The number of sulfone groups is 1. The Hall–Kier alpha value is -0.470. The summed E-state index contributed by atoms with van der Waals surface area (Å²) in [6.45, 7) is 1.37. The lowest BCUT2D eigenvalue weighted by atomic mass is 10.4. The lowest BCUT2D eigenvalue weighted by molar-refractivity contribution is 0.174. The quantitative estimate of drug-likeness (QED) is 0.661. The van der Waals surface area contributed by atoms with Gasteiger partial charge in [0, 0.05) is 20.2 Å². The van der Waals surface area contributed by atoms with E-state index in [1.165, 1.54) is 0 Å². The van der Waals surface area contributed by atoms with Crippen molar-refractivity contribution in [1.82, 2.24) is 5.32 Å². The van der Waals surface area contributed by atoms with Gasteiger partial charge in [-0.25, -0.2) is 8.42 Å². The third kappa shape index (κ3) is 5.13. The van der Waals surface area contributed by atoms with Crippen LogP contribution in [-0.2, 0) is 14.6 Å². The third-order valence-electron chi connectivity index (χ3n) is 2.08. The second-order valence-corrected chi connectivity index (χ2v) is 6.77. The van der Waals surface area contributed by atoms with E-state index in [0.29, 0.717) is 17.4 Å². The van der Waals surface area contributed by atoms with Crippen LogP contribution in [0.1, 0.15) is 0 Å². The van der Waals surface area contributed by atoms with Gasteiger partial charge in [-0.1, -0.05) is 6.07 Å². The van der Waals surface area contributed by atoms with Gasteiger partial charge in [-0.15, -0.1) is 11.3 Å². The van der Waals surface area contributed by atoms with Crippen molar-refractivity contribution in [2.75, 3.05) is 32.6 Å². The van der Waals surface area contributed by atoms with Gasteiger partial charge in [0.05, 0.1) is 18.5 Å². The van der Waals surface area contributed by atoms with Crippen LogP contribution in [0.5, 0.6) is 0 Å². The first-order valence-corrected chi connectivity index (χ1v) is 7.73. The van der Waals surface area contributed by atoms with Crippen molar-refractivity contribution in [3.63, 3.8) is 0 Å². The summed E-state index contributed by atoms with van der Waals surface area (Å²) in [6, 6.07) is 3.23. The minimum Gasteiger partial charge on any atom is -0.391 e. The number of aliphatic hydroxyl groups excluding tert-OH is 1. The Morgan fingerprint density at radius 1 is 1.59 bits per heavy atom. The summed E-state index contributed by atoms with van der Waals surface area (Å²) in [5.41, 5.74) is 0. The standard InChI is InChI=1S/C10H17NO4S2/c1-15-5-4-11-7-9(12)8-17(13,14)10-3-2-6-16-10/h2-3,6,9,11-12H,4-5,7-8H2,1H3. The molecular formula is C10H17NO4S2. The molecule has 1 atom stereocenters. The molecule has 1 rings (SSSR count). The van der Waals surface area contributed by atoms with Crippen molar-refractivity contribution >= 4 is 21.2 Å². The molecule has 5 nitrogen and oxygen atoms in total. The first-order chi connectivity index (χ1) is 8.06. The Labute approximate surface area is 105 Å². The van der Waals surface area contributed by atoms with Crippen molar-refractivity contribution in [1.29, 1.82) is 0 Å². The molecule has 0 spiro atoms. The number of rotatable bonds is 8. The average molecular weight is 279 g/mol. The molecule has 0 aliphatic carbocycles. The molecular weight excluding hydrogens is 262 g/mol. The van der Waals surface area contributed by atoms with E-state index in [4.69, 9.17) is 4.74 Å². The summed E-state index contributed by atoms with van der Waals surface area (Å²) in [4.78, 5) is 0. The summed E-state index contributed by atoms with van der Waals surface area (Å²) in [5.74, 6) is -0.256. The minimum atomic E-state index is -3.36. The second-order valence-electron chi connectivity index (χ2n) is 3.56. The maximum absolute atomic E-state index is 11.8. The average Bonchev–Trinajstić information content (AvgIpc) is 2.77. The highest BCUT2D eigenvalue weighted by Gasteiger charge is 2.20. The molecule has 1 unspecified atom stereocenters. The number of hydrogen-bond donors (Lipinski definition) is 2. The summed E-state index contributed by atoms with van der Waals surface area (Å²) in [7, 11) is -1.78. The smallest absolute Gasteiger partial charge is 0.190 e. The van der Waals surface area contributed by atoms with E-state index in [1.807, 2.05) is 0 Å². The summed E-state index contributed by atoms with van der Waals surface area (Å²) in [5, 5.41) is 14.2. The van der Waals surface area contributed by atoms with E-state index in [-0.39, 0.29) is 12.3 Å². The zero-order valence-corrected chi connectivity index (χ0v) is 11.3. The van der Waals surface area contributed by atoms with Gasteiger partial charge < -0.3 is 15.2 Å². The molecule has 1 aromatic rings. The Morgan fingerprint density at radius 2 is 2.35 bits per heavy atom. The van der Waals surface area contributed by atoms with Gasteiger partial charge in [-0.3, -0.25) is 0 Å². The van der Waals surface area contributed by atoms with E-state index >= 15 is 0 Å². The van der Waals surface area contributed by atoms with Gasteiger partial charge in [-0.2, -0.15) is 0 Å². The molecule has 0 bridgehead atoms. The molecule has 0 aromatic carbocycles. The first kappa shape index (κ1) is 14.6. The number of nitrogens with one attached hydrogen (secondary N) is 1. The molecule has 2 N–H and O–H groups in total. The normalized spacial score (nSPS) is 13.8. The summed E-state index contributed by atoms with van der Waals surface area (Å²) in [6.07, 6.45) is -0.904. The van der Waals surface area contributed by atoms with E-state index in [9.17, 15) is 13.5 Å². The predicted octanol–water partition coefficient (Wildman–Crippen LogP) is 0.119. The highest BCUT2D eigenvalue weighted by molar-refractivity contribution is 7.93. The molecule has 98 valence electrons. The fraction of sp³-hybridized carbons (Fsp3) is 0.600. The lowest BCUT2D eigenvalue weighted by Crippen LogP contribution is -2.33. The zero-order valence-electron chi connectivity index (χ0n) is 9.63. The Balaban J connectivity index is 2.38. The first-order valence-electron chi connectivity index (χ1n) is 5.20. The van der Waals surface area contributed by atoms with Crippen LogP contribution in [-0.4, -0.2) is 52.2 Å². The number of ether oxygens (including phenoxy) is 1. The van der Waals surface area contributed by atoms with Crippen molar-refractivity contribution < 1.29 is 18.3 Å². The van der Waals surface area contributed by atoms with E-state index in [1.54, 1.807) is 24.6 Å². The van der Waals surface area contributed by atoms with Crippen LogP contribution >= 0.6 is 11.3 Å². The largest absolute Gasteiger partial charge is 0.391 e. The molecule has 0 amide bonds. The van der Waals surface area contributed by atoms with E-state index in [0.717, 1.165) is 11.3 Å². The van der Waals surface area contributed by atoms with Crippen molar-refractivity contribution in [3.05, 3.63) is 17.5 Å². The van der Waals surface area contributed by atoms with Gasteiger partial charge in [0.2, 0.25) is 0 Å². The lowest BCUT2D eigenvalue weighted by Gasteiger charge is -2.11. The monoisotopic (exact) mass is 279 g/mol. The topological polar surface area (TPSA) is 75.6 Å². The van der Waals surface area contributed by atoms with Crippen LogP contribution in [0.2, 0.25) is 0 Å². The third-order valence-corrected chi connectivity index (χ3v) is 5.36. The molecule has 17 heavy (non-hydrogen) atoms. The van der Waals surface area contributed by atoms with Gasteiger partial charge in [-0.05, 0) is 11.4 Å².